The van der Waals surface area contributed by atoms with Crippen LogP contribution < -0.4 is 0 Å². The van der Waals surface area contributed by atoms with E-state index in [-0.39, 0.29) is 11.5 Å². The van der Waals surface area contributed by atoms with Crippen molar-refractivity contribution in [1.29, 1.82) is 0 Å². The highest BCUT2D eigenvalue weighted by Crippen LogP contribution is 2.40. The third-order valence-corrected chi connectivity index (χ3v) is 4.06. The Kier molecular flexibility index (Phi) is 2.58. The highest BCUT2D eigenvalue weighted by atomic mass is 79.9. The van der Waals surface area contributed by atoms with E-state index < -0.39 is 4.92 Å². The molecule has 0 unspecified atom stereocenters. The zero-order valence-electron chi connectivity index (χ0n) is 8.96. The van der Waals surface area contributed by atoms with Crippen molar-refractivity contribution in [2.75, 3.05) is 0 Å². The average molecular weight is 284 g/mol. The number of carbonyl (C=O) groups is 1. The Hall–Kier alpha value is -1.23. The molecule has 0 saturated carbocycles. The first-order chi connectivity index (χ1) is 7.45. The Balaban J connectivity index is 2.86. The molecule has 0 saturated heterocycles. The molecule has 0 aliphatic heterocycles. The number of Topliss-reactive ketones (excluding diaryl/α,β-unsaturated/α-hetero) is 1. The van der Waals surface area contributed by atoms with Crippen LogP contribution in [0.25, 0.3) is 0 Å². The minimum Gasteiger partial charge on any atom is -0.294 e. The first-order valence-corrected chi connectivity index (χ1v) is 5.73. The van der Waals surface area contributed by atoms with Crippen molar-refractivity contribution in [1.82, 2.24) is 0 Å². The van der Waals surface area contributed by atoms with E-state index in [1.807, 2.05) is 6.92 Å². The number of hydrogen-bond donors (Lipinski definition) is 0. The van der Waals surface area contributed by atoms with Crippen molar-refractivity contribution in [3.05, 3.63) is 36.8 Å². The summed E-state index contributed by atoms with van der Waals surface area (Å²) in [6.07, 6.45) is 1.15. The lowest BCUT2D eigenvalue weighted by molar-refractivity contribution is -0.386. The van der Waals surface area contributed by atoms with Gasteiger partial charge in [-0.1, -0.05) is 0 Å². The van der Waals surface area contributed by atoms with Crippen LogP contribution in [-0.4, -0.2) is 10.7 Å². The van der Waals surface area contributed by atoms with Crippen LogP contribution in [0, 0.1) is 24.0 Å². The Bertz CT molecular complexity index is 519. The van der Waals surface area contributed by atoms with Crippen molar-refractivity contribution in [3.8, 4) is 0 Å². The van der Waals surface area contributed by atoms with Crippen molar-refractivity contribution >= 4 is 27.4 Å². The number of halogens is 1. The van der Waals surface area contributed by atoms with Crippen molar-refractivity contribution < 1.29 is 9.72 Å². The molecule has 1 aromatic rings. The Labute approximate surface area is 101 Å². The van der Waals surface area contributed by atoms with Gasteiger partial charge in [-0.15, -0.1) is 0 Å². The number of ketones is 1. The molecule has 16 heavy (non-hydrogen) atoms. The maximum Gasteiger partial charge on any atom is 0.287 e. The van der Waals surface area contributed by atoms with E-state index in [1.54, 1.807) is 6.92 Å². The molecule has 0 bridgehead atoms. The molecule has 0 heterocycles. The number of nitro benzene ring substituents is 1. The second-order valence-corrected chi connectivity index (χ2v) is 4.74. The number of rotatable bonds is 1. The lowest BCUT2D eigenvalue weighted by Gasteiger charge is -2.10. The summed E-state index contributed by atoms with van der Waals surface area (Å²) in [5, 5.41) is 11.0. The molecule has 0 radical (unpaired) electrons. The highest BCUT2D eigenvalue weighted by Gasteiger charge is 2.31. The largest absolute Gasteiger partial charge is 0.294 e. The van der Waals surface area contributed by atoms with Crippen molar-refractivity contribution in [2.45, 2.75) is 26.7 Å². The van der Waals surface area contributed by atoms with Gasteiger partial charge in [-0.2, -0.15) is 0 Å². The summed E-state index contributed by atoms with van der Waals surface area (Å²) in [6.45, 7) is 3.46. The van der Waals surface area contributed by atoms with Crippen LogP contribution in [0.5, 0.6) is 0 Å². The molecule has 1 aliphatic rings. The number of hydrogen-bond acceptors (Lipinski definition) is 3. The van der Waals surface area contributed by atoms with Crippen LogP contribution in [0.1, 0.15) is 33.5 Å². The standard InChI is InChI=1S/C11H10BrNO3/c1-5-7-3-4-8(14)9(7)6(2)11(10(5)12)13(15)16/h3-4H2,1-2H3. The Morgan fingerprint density at radius 1 is 1.25 bits per heavy atom. The van der Waals surface area contributed by atoms with Gasteiger partial charge in [0.2, 0.25) is 0 Å². The maximum atomic E-state index is 11.7. The van der Waals surface area contributed by atoms with Gasteiger partial charge in [0, 0.05) is 17.5 Å². The predicted molar refractivity (Wildman–Crippen MR) is 62.9 cm³/mol. The van der Waals surface area contributed by atoms with Gasteiger partial charge in [-0.05, 0) is 47.3 Å². The predicted octanol–water partition coefficient (Wildman–Crippen LogP) is 3.10. The van der Waals surface area contributed by atoms with E-state index in [1.165, 1.54) is 0 Å². The smallest absolute Gasteiger partial charge is 0.287 e. The lowest BCUT2D eigenvalue weighted by atomic mass is 9.97. The molecule has 0 aromatic heterocycles. The molecule has 1 aromatic carbocycles. The zero-order valence-corrected chi connectivity index (χ0v) is 10.6. The van der Waals surface area contributed by atoms with E-state index in [0.29, 0.717) is 28.4 Å². The summed E-state index contributed by atoms with van der Waals surface area (Å²) in [4.78, 5) is 22.2. The summed E-state index contributed by atoms with van der Waals surface area (Å²) in [5.41, 5.74) is 2.84. The fourth-order valence-electron chi connectivity index (χ4n) is 2.28. The van der Waals surface area contributed by atoms with Crippen LogP contribution in [0.15, 0.2) is 4.47 Å². The zero-order chi connectivity index (χ0) is 12.0. The SMILES string of the molecule is Cc1c(Br)c([N+](=O)[O-])c(C)c2c1CCC2=O. The van der Waals surface area contributed by atoms with Crippen LogP contribution in [0.3, 0.4) is 0 Å². The fourth-order valence-corrected chi connectivity index (χ4v) is 2.96. The van der Waals surface area contributed by atoms with E-state index in [9.17, 15) is 14.9 Å². The maximum absolute atomic E-state index is 11.7. The number of nitro groups is 1. The molecule has 0 N–H and O–H groups in total. The topological polar surface area (TPSA) is 60.2 Å². The van der Waals surface area contributed by atoms with Crippen LogP contribution >= 0.6 is 15.9 Å². The number of carbonyl (C=O) groups excluding carboxylic acids is 1. The van der Waals surface area contributed by atoms with Crippen molar-refractivity contribution in [3.63, 3.8) is 0 Å². The summed E-state index contributed by atoms with van der Waals surface area (Å²) < 4.78 is 0.503. The highest BCUT2D eigenvalue weighted by molar-refractivity contribution is 9.10. The number of nitrogens with zero attached hydrogens (tertiary/aromatic N) is 1. The number of benzene rings is 1. The van der Waals surface area contributed by atoms with Gasteiger partial charge in [0.15, 0.2) is 5.78 Å². The van der Waals surface area contributed by atoms with Gasteiger partial charge < -0.3 is 0 Å². The fraction of sp³-hybridized carbons (Fsp3) is 0.364. The Morgan fingerprint density at radius 3 is 2.44 bits per heavy atom. The molecule has 5 heteroatoms. The third-order valence-electron chi connectivity index (χ3n) is 3.09. The molecule has 0 fully saturated rings. The molecule has 4 nitrogen and oxygen atoms in total. The Morgan fingerprint density at radius 2 is 1.88 bits per heavy atom. The summed E-state index contributed by atoms with van der Waals surface area (Å²) >= 11 is 3.25. The molecular weight excluding hydrogens is 274 g/mol. The molecule has 0 atom stereocenters. The molecule has 84 valence electrons. The van der Waals surface area contributed by atoms with Crippen LogP contribution in [-0.2, 0) is 6.42 Å². The third kappa shape index (κ3) is 1.38. The molecule has 1 aliphatic carbocycles. The van der Waals surface area contributed by atoms with Crippen LogP contribution in [0.4, 0.5) is 5.69 Å². The lowest BCUT2D eigenvalue weighted by Crippen LogP contribution is -2.03. The quantitative estimate of drug-likeness (QED) is 0.588. The first-order valence-electron chi connectivity index (χ1n) is 4.94. The monoisotopic (exact) mass is 283 g/mol. The van der Waals surface area contributed by atoms with Crippen molar-refractivity contribution in [2.24, 2.45) is 0 Å². The second kappa shape index (κ2) is 3.66. The molecule has 0 amide bonds. The minimum atomic E-state index is -0.432. The van der Waals surface area contributed by atoms with E-state index in [2.05, 4.69) is 15.9 Å². The van der Waals surface area contributed by atoms with E-state index in [4.69, 9.17) is 0 Å². The normalized spacial score (nSPS) is 14.1. The van der Waals surface area contributed by atoms with Crippen LogP contribution in [0.2, 0.25) is 0 Å². The van der Waals surface area contributed by atoms with Gasteiger partial charge in [-0.25, -0.2) is 0 Å². The minimum absolute atomic E-state index is 0.0196. The van der Waals surface area contributed by atoms with Gasteiger partial charge in [0.05, 0.1) is 9.40 Å². The second-order valence-electron chi connectivity index (χ2n) is 3.95. The van der Waals surface area contributed by atoms with Gasteiger partial charge in [0.1, 0.15) is 0 Å². The molecular formula is C11H10BrNO3. The number of fused-ring (bicyclic) bond motifs is 1. The summed E-state index contributed by atoms with van der Waals surface area (Å²) in [6, 6.07) is 0. The van der Waals surface area contributed by atoms with Gasteiger partial charge >= 0.3 is 0 Å². The average Bonchev–Trinajstić information content (AvgIpc) is 2.57. The van der Waals surface area contributed by atoms with Gasteiger partial charge in [0.25, 0.3) is 5.69 Å². The summed E-state index contributed by atoms with van der Waals surface area (Å²) in [7, 11) is 0. The van der Waals surface area contributed by atoms with Gasteiger partial charge in [-0.3, -0.25) is 14.9 Å². The first kappa shape index (κ1) is 11.3. The summed E-state index contributed by atoms with van der Waals surface area (Å²) in [5.74, 6) is 0.0196. The molecule has 0 spiro atoms. The molecule has 2 rings (SSSR count). The van der Waals surface area contributed by atoms with E-state index >= 15 is 0 Å². The van der Waals surface area contributed by atoms with E-state index in [0.717, 1.165) is 11.1 Å².